The number of amides is 1. The zero-order chi connectivity index (χ0) is 15.5. The van der Waals surface area contributed by atoms with Crippen LogP contribution in [0.15, 0.2) is 23.1 Å². The molecule has 0 saturated carbocycles. The van der Waals surface area contributed by atoms with Gasteiger partial charge in [-0.2, -0.15) is 16.1 Å². The predicted octanol–water partition coefficient (Wildman–Crippen LogP) is 0.942. The molecule has 6 nitrogen and oxygen atoms in total. The van der Waals surface area contributed by atoms with Crippen LogP contribution in [0.1, 0.15) is 0 Å². The molecule has 0 radical (unpaired) electrons. The quantitative estimate of drug-likeness (QED) is 0.853. The van der Waals surface area contributed by atoms with Crippen LogP contribution in [-0.2, 0) is 14.8 Å². The molecule has 1 amide bonds. The highest BCUT2D eigenvalue weighted by Crippen LogP contribution is 2.30. The Bertz CT molecular complexity index is 630. The smallest absolute Gasteiger partial charge is 0.255 e. The molecule has 116 valence electrons. The molecular weight excluding hydrogens is 336 g/mol. The van der Waals surface area contributed by atoms with Crippen molar-refractivity contribution in [1.29, 1.82) is 0 Å². The van der Waals surface area contributed by atoms with Gasteiger partial charge in [-0.3, -0.25) is 4.79 Å². The van der Waals surface area contributed by atoms with Crippen LogP contribution in [0.5, 0.6) is 5.75 Å². The summed E-state index contributed by atoms with van der Waals surface area (Å²) in [5.74, 6) is 0.897. The SMILES string of the molecule is NC(=O)COc1ccc(Cl)cc1S(=O)(=O)N1CCSCC1. The second-order valence-corrected chi connectivity index (χ2v) is 7.93. The van der Waals surface area contributed by atoms with Crippen LogP contribution in [0, 0.1) is 0 Å². The summed E-state index contributed by atoms with van der Waals surface area (Å²) in [6.45, 7) is 0.490. The number of carbonyl (C=O) groups is 1. The van der Waals surface area contributed by atoms with E-state index in [1.165, 1.54) is 22.5 Å². The number of nitrogens with two attached hydrogens (primary N) is 1. The highest BCUT2D eigenvalue weighted by Gasteiger charge is 2.29. The maximum atomic E-state index is 12.7. The fraction of sp³-hybridized carbons (Fsp3) is 0.417. The highest BCUT2D eigenvalue weighted by atomic mass is 35.5. The maximum absolute atomic E-state index is 12.7. The van der Waals surface area contributed by atoms with Crippen LogP contribution >= 0.6 is 23.4 Å². The van der Waals surface area contributed by atoms with E-state index in [4.69, 9.17) is 22.1 Å². The van der Waals surface area contributed by atoms with Crippen molar-refractivity contribution in [3.8, 4) is 5.75 Å². The van der Waals surface area contributed by atoms with Gasteiger partial charge < -0.3 is 10.5 Å². The fourth-order valence-electron chi connectivity index (χ4n) is 1.88. The fourth-order valence-corrected chi connectivity index (χ4v) is 4.85. The van der Waals surface area contributed by atoms with Crippen molar-refractivity contribution in [2.45, 2.75) is 4.90 Å². The van der Waals surface area contributed by atoms with Gasteiger partial charge in [0.05, 0.1) is 0 Å². The van der Waals surface area contributed by atoms with Crippen molar-refractivity contribution in [3.63, 3.8) is 0 Å². The number of ether oxygens (including phenoxy) is 1. The van der Waals surface area contributed by atoms with Gasteiger partial charge in [-0.15, -0.1) is 0 Å². The standard InChI is InChI=1S/C12H15ClN2O4S2/c13-9-1-2-10(19-8-12(14)16)11(7-9)21(17,18)15-3-5-20-6-4-15/h1-2,7H,3-6,8H2,(H2,14,16). The van der Waals surface area contributed by atoms with Crippen molar-refractivity contribution >= 4 is 39.3 Å². The normalized spacial score (nSPS) is 16.6. The van der Waals surface area contributed by atoms with E-state index in [2.05, 4.69) is 0 Å². The lowest BCUT2D eigenvalue weighted by molar-refractivity contribution is -0.120. The van der Waals surface area contributed by atoms with Gasteiger partial charge in [0.2, 0.25) is 10.0 Å². The predicted molar refractivity (Wildman–Crippen MR) is 82.2 cm³/mol. The third-order valence-corrected chi connectivity index (χ3v) is 5.96. The number of thioether (sulfide) groups is 1. The van der Waals surface area contributed by atoms with Crippen LogP contribution in [0.2, 0.25) is 5.02 Å². The molecule has 21 heavy (non-hydrogen) atoms. The van der Waals surface area contributed by atoms with E-state index >= 15 is 0 Å². The second kappa shape index (κ2) is 6.87. The van der Waals surface area contributed by atoms with Crippen molar-refractivity contribution in [1.82, 2.24) is 4.31 Å². The van der Waals surface area contributed by atoms with Crippen molar-refractivity contribution < 1.29 is 17.9 Å². The molecule has 0 atom stereocenters. The molecule has 1 aromatic rings. The number of hydrogen-bond donors (Lipinski definition) is 1. The minimum Gasteiger partial charge on any atom is -0.482 e. The lowest BCUT2D eigenvalue weighted by Gasteiger charge is -2.26. The molecule has 0 unspecified atom stereocenters. The van der Waals surface area contributed by atoms with Crippen LogP contribution in [0.3, 0.4) is 0 Å². The Hall–Kier alpha value is -0.960. The van der Waals surface area contributed by atoms with E-state index in [9.17, 15) is 13.2 Å². The Labute approximate surface area is 132 Å². The number of hydrogen-bond acceptors (Lipinski definition) is 5. The zero-order valence-corrected chi connectivity index (χ0v) is 13.5. The third-order valence-electron chi connectivity index (χ3n) is 2.86. The van der Waals surface area contributed by atoms with E-state index in [1.54, 1.807) is 11.8 Å². The Morgan fingerprint density at radius 3 is 2.67 bits per heavy atom. The minimum atomic E-state index is -3.70. The summed E-state index contributed by atoms with van der Waals surface area (Å²) in [5.41, 5.74) is 5.02. The van der Waals surface area contributed by atoms with Crippen LogP contribution < -0.4 is 10.5 Å². The summed E-state index contributed by atoms with van der Waals surface area (Å²) < 4.78 is 31.9. The van der Waals surface area contributed by atoms with Crippen LogP contribution in [0.25, 0.3) is 0 Å². The second-order valence-electron chi connectivity index (χ2n) is 4.36. The van der Waals surface area contributed by atoms with E-state index < -0.39 is 15.9 Å². The van der Waals surface area contributed by atoms with Gasteiger partial charge in [-0.1, -0.05) is 11.6 Å². The monoisotopic (exact) mass is 350 g/mol. The minimum absolute atomic E-state index is 0.0387. The molecule has 0 aliphatic carbocycles. The molecule has 0 aromatic heterocycles. The van der Waals surface area contributed by atoms with Gasteiger partial charge in [-0.25, -0.2) is 8.42 Å². The van der Waals surface area contributed by atoms with Gasteiger partial charge in [0.25, 0.3) is 5.91 Å². The zero-order valence-electron chi connectivity index (χ0n) is 11.1. The number of primary amides is 1. The summed E-state index contributed by atoms with van der Waals surface area (Å²) in [7, 11) is -3.70. The Kier molecular flexibility index (Phi) is 5.37. The average Bonchev–Trinajstić information content (AvgIpc) is 2.46. The molecule has 9 heteroatoms. The van der Waals surface area contributed by atoms with Crippen molar-refractivity contribution in [2.24, 2.45) is 5.73 Å². The molecule has 0 bridgehead atoms. The number of benzene rings is 1. The molecule has 1 heterocycles. The first-order chi connectivity index (χ1) is 9.91. The number of nitrogens with zero attached hydrogens (tertiary/aromatic N) is 1. The molecule has 1 saturated heterocycles. The molecule has 1 aliphatic heterocycles. The first-order valence-electron chi connectivity index (χ1n) is 6.20. The molecule has 2 rings (SSSR count). The van der Waals surface area contributed by atoms with Crippen LogP contribution in [0.4, 0.5) is 0 Å². The molecule has 1 aromatic carbocycles. The van der Waals surface area contributed by atoms with E-state index in [0.717, 1.165) is 11.5 Å². The van der Waals surface area contributed by atoms with Gasteiger partial charge in [0.15, 0.2) is 6.61 Å². The van der Waals surface area contributed by atoms with Gasteiger partial charge in [-0.05, 0) is 18.2 Å². The lowest BCUT2D eigenvalue weighted by Crippen LogP contribution is -2.38. The number of rotatable bonds is 5. The van der Waals surface area contributed by atoms with E-state index in [1.807, 2.05) is 0 Å². The van der Waals surface area contributed by atoms with Crippen molar-refractivity contribution in [3.05, 3.63) is 23.2 Å². The summed E-state index contributed by atoms with van der Waals surface area (Å²) in [4.78, 5) is 10.8. The number of halogens is 1. The maximum Gasteiger partial charge on any atom is 0.255 e. The van der Waals surface area contributed by atoms with Gasteiger partial charge in [0, 0.05) is 29.6 Å². The first kappa shape index (κ1) is 16.4. The van der Waals surface area contributed by atoms with Crippen LogP contribution in [-0.4, -0.2) is 49.8 Å². The Morgan fingerprint density at radius 1 is 1.38 bits per heavy atom. The summed E-state index contributed by atoms with van der Waals surface area (Å²) in [6, 6.07) is 4.26. The van der Waals surface area contributed by atoms with E-state index in [-0.39, 0.29) is 22.3 Å². The molecular formula is C12H15ClN2O4S2. The summed E-state index contributed by atoms with van der Waals surface area (Å²) in [6.07, 6.45) is 0. The first-order valence-corrected chi connectivity index (χ1v) is 9.17. The molecule has 1 aliphatic rings. The van der Waals surface area contributed by atoms with E-state index in [0.29, 0.717) is 13.1 Å². The number of carbonyl (C=O) groups excluding carboxylic acids is 1. The van der Waals surface area contributed by atoms with Gasteiger partial charge >= 0.3 is 0 Å². The number of sulfonamides is 1. The summed E-state index contributed by atoms with van der Waals surface area (Å²) >= 11 is 7.60. The summed E-state index contributed by atoms with van der Waals surface area (Å²) in [5, 5.41) is 0.284. The molecule has 1 fully saturated rings. The topological polar surface area (TPSA) is 89.7 Å². The lowest BCUT2D eigenvalue weighted by atomic mass is 10.3. The third kappa shape index (κ3) is 4.03. The Morgan fingerprint density at radius 2 is 2.05 bits per heavy atom. The average molecular weight is 351 g/mol. The van der Waals surface area contributed by atoms with Crippen molar-refractivity contribution in [2.75, 3.05) is 31.2 Å². The molecule has 2 N–H and O–H groups in total. The molecule has 0 spiro atoms. The highest BCUT2D eigenvalue weighted by molar-refractivity contribution is 7.99. The largest absolute Gasteiger partial charge is 0.482 e. The van der Waals surface area contributed by atoms with Gasteiger partial charge in [0.1, 0.15) is 10.6 Å². The Balaban J connectivity index is 2.35.